The summed E-state index contributed by atoms with van der Waals surface area (Å²) in [4.78, 5) is 13.0. The summed E-state index contributed by atoms with van der Waals surface area (Å²) < 4.78 is 6.18. The molecule has 44 heavy (non-hydrogen) atoms. The molecule has 3 N–H and O–H groups in total. The number of benzene rings is 1. The molecular formula is C39H56O5. The van der Waals surface area contributed by atoms with Crippen LogP contribution < -0.4 is 0 Å². The predicted molar refractivity (Wildman–Crippen MR) is 175 cm³/mol. The number of aliphatic hydroxyl groups excluding tert-OH is 1. The van der Waals surface area contributed by atoms with E-state index in [1.165, 1.54) is 55.9 Å². The van der Waals surface area contributed by atoms with E-state index in [1.807, 2.05) is 0 Å². The fraction of sp³-hybridized carbons (Fsp3) is 0.718. The number of hydrogen-bond acceptors (Lipinski definition) is 5. The second kappa shape index (κ2) is 10.6. The van der Waals surface area contributed by atoms with E-state index in [2.05, 4.69) is 48.1 Å². The van der Waals surface area contributed by atoms with Crippen molar-refractivity contribution < 1.29 is 24.9 Å². The molecule has 1 aromatic carbocycles. The Bertz CT molecular complexity index is 1350. The van der Waals surface area contributed by atoms with Gasteiger partial charge in [-0.25, -0.2) is 4.79 Å². The minimum absolute atomic E-state index is 0.0825. The molecule has 5 fully saturated rings. The topological polar surface area (TPSA) is 87.0 Å². The number of hydrogen-bond donors (Lipinski definition) is 3. The van der Waals surface area contributed by atoms with Gasteiger partial charge in [-0.05, 0) is 146 Å². The predicted octanol–water partition coefficient (Wildman–Crippen LogP) is 8.67. The highest BCUT2D eigenvalue weighted by Crippen LogP contribution is 2.77. The zero-order valence-electron chi connectivity index (χ0n) is 28.0. The maximum Gasteiger partial charge on any atom is 0.331 e. The third-order valence-electron chi connectivity index (χ3n) is 15.2. The van der Waals surface area contributed by atoms with Gasteiger partial charge >= 0.3 is 5.97 Å². The molecule has 5 aliphatic carbocycles. The number of fused-ring (bicyclic) bond motifs is 7. The first-order valence-electron chi connectivity index (χ1n) is 17.3. The molecule has 0 aliphatic heterocycles. The summed E-state index contributed by atoms with van der Waals surface area (Å²) in [5, 5.41) is 30.2. The lowest BCUT2D eigenvalue weighted by Crippen LogP contribution is -2.67. The zero-order valence-corrected chi connectivity index (χ0v) is 28.0. The van der Waals surface area contributed by atoms with Crippen LogP contribution in [0.25, 0.3) is 6.08 Å². The highest BCUT2D eigenvalue weighted by atomic mass is 16.5. The van der Waals surface area contributed by atoms with E-state index in [-0.39, 0.29) is 50.6 Å². The number of carbonyl (C=O) groups is 1. The van der Waals surface area contributed by atoms with E-state index in [0.29, 0.717) is 41.8 Å². The molecule has 1 aromatic rings. The molecule has 5 nitrogen and oxygen atoms in total. The molecule has 0 spiro atoms. The molecule has 0 saturated heterocycles. The Labute approximate surface area is 265 Å². The van der Waals surface area contributed by atoms with Crippen LogP contribution in [0.3, 0.4) is 0 Å². The van der Waals surface area contributed by atoms with Crippen LogP contribution in [0.5, 0.6) is 11.5 Å². The van der Waals surface area contributed by atoms with E-state index in [0.717, 1.165) is 32.1 Å². The van der Waals surface area contributed by atoms with Gasteiger partial charge in [-0.3, -0.25) is 0 Å². The maximum atomic E-state index is 13.0. The van der Waals surface area contributed by atoms with Crippen molar-refractivity contribution in [1.29, 1.82) is 0 Å². The summed E-state index contributed by atoms with van der Waals surface area (Å²) in [6.45, 7) is 19.5. The summed E-state index contributed by atoms with van der Waals surface area (Å²) in [6, 6.07) is 4.51. The Hall–Kier alpha value is -2.27. The van der Waals surface area contributed by atoms with Gasteiger partial charge in [0.25, 0.3) is 0 Å². The second-order valence-corrected chi connectivity index (χ2v) is 17.1. The second-order valence-electron chi connectivity index (χ2n) is 17.1. The van der Waals surface area contributed by atoms with Gasteiger partial charge in [0.05, 0.1) is 0 Å². The minimum atomic E-state index is -0.355. The number of allylic oxidation sites excluding steroid dienone is 1. The SMILES string of the molecule is C=C(C)C1CCC2(CO)CCC3(C)C(CCC4C5(C)CCC(OC(=O)/C=C/c6ccc(O)c(O)c6)C(C)(C)C5CCC43C)C12. The summed E-state index contributed by atoms with van der Waals surface area (Å²) in [5.41, 5.74) is 2.61. The van der Waals surface area contributed by atoms with Crippen molar-refractivity contribution in [1.82, 2.24) is 0 Å². The molecule has 0 heterocycles. The lowest BCUT2D eigenvalue weighted by molar-refractivity contribution is -0.251. The molecule has 10 atom stereocenters. The van der Waals surface area contributed by atoms with Gasteiger partial charge in [0.2, 0.25) is 0 Å². The summed E-state index contributed by atoms with van der Waals surface area (Å²) >= 11 is 0. The van der Waals surface area contributed by atoms with E-state index in [9.17, 15) is 20.1 Å². The van der Waals surface area contributed by atoms with Crippen LogP contribution in [0.15, 0.2) is 36.4 Å². The Morgan fingerprint density at radius 1 is 0.909 bits per heavy atom. The third-order valence-corrected chi connectivity index (χ3v) is 15.2. The number of phenolic OH excluding ortho intramolecular Hbond substituents is 2. The van der Waals surface area contributed by atoms with Gasteiger partial charge in [-0.1, -0.05) is 52.8 Å². The van der Waals surface area contributed by atoms with Crippen LogP contribution in [0.4, 0.5) is 0 Å². The third kappa shape index (κ3) is 4.45. The van der Waals surface area contributed by atoms with Crippen molar-refractivity contribution in [3.63, 3.8) is 0 Å². The Morgan fingerprint density at radius 2 is 1.66 bits per heavy atom. The van der Waals surface area contributed by atoms with E-state index >= 15 is 0 Å². The van der Waals surface area contributed by atoms with Crippen LogP contribution in [0, 0.1) is 56.7 Å². The van der Waals surface area contributed by atoms with Crippen molar-refractivity contribution >= 4 is 12.0 Å². The van der Waals surface area contributed by atoms with Gasteiger partial charge in [-0.2, -0.15) is 0 Å². The number of phenols is 2. The molecule has 0 radical (unpaired) electrons. The molecule has 0 bridgehead atoms. The number of aromatic hydroxyl groups is 2. The minimum Gasteiger partial charge on any atom is -0.504 e. The Kier molecular flexibility index (Phi) is 7.67. The van der Waals surface area contributed by atoms with E-state index < -0.39 is 0 Å². The summed E-state index contributed by atoms with van der Waals surface area (Å²) in [6.07, 6.45) is 14.5. The maximum absolute atomic E-state index is 13.0. The first-order chi connectivity index (χ1) is 20.6. The van der Waals surface area contributed by atoms with Gasteiger partial charge < -0.3 is 20.1 Å². The molecule has 5 heteroatoms. The molecular weight excluding hydrogens is 548 g/mol. The van der Waals surface area contributed by atoms with Gasteiger partial charge in [-0.15, -0.1) is 0 Å². The number of carbonyl (C=O) groups excluding carboxylic acids is 1. The number of ether oxygens (including phenoxy) is 1. The summed E-state index contributed by atoms with van der Waals surface area (Å²) in [5.74, 6) is 2.10. The lowest BCUT2D eigenvalue weighted by Gasteiger charge is -2.73. The van der Waals surface area contributed by atoms with E-state index in [1.54, 1.807) is 12.1 Å². The van der Waals surface area contributed by atoms with Crippen molar-refractivity contribution in [2.24, 2.45) is 56.7 Å². The van der Waals surface area contributed by atoms with E-state index in [4.69, 9.17) is 4.74 Å². The number of esters is 1. The van der Waals surface area contributed by atoms with Crippen molar-refractivity contribution in [3.05, 3.63) is 42.0 Å². The highest BCUT2D eigenvalue weighted by Gasteiger charge is 2.71. The first kappa shape index (κ1) is 31.7. The highest BCUT2D eigenvalue weighted by molar-refractivity contribution is 5.87. The largest absolute Gasteiger partial charge is 0.504 e. The van der Waals surface area contributed by atoms with Crippen LogP contribution in [-0.2, 0) is 9.53 Å². The normalized spacial score (nSPS) is 44.2. The van der Waals surface area contributed by atoms with Crippen LogP contribution >= 0.6 is 0 Å². The lowest BCUT2D eigenvalue weighted by atomic mass is 9.32. The number of aliphatic hydroxyl groups is 1. The number of rotatable bonds is 5. The average Bonchev–Trinajstić information content (AvgIpc) is 3.36. The van der Waals surface area contributed by atoms with Crippen LogP contribution in [0.2, 0.25) is 0 Å². The van der Waals surface area contributed by atoms with Crippen LogP contribution in [-0.4, -0.2) is 34.0 Å². The molecule has 242 valence electrons. The molecule has 6 rings (SSSR count). The van der Waals surface area contributed by atoms with Gasteiger partial charge in [0, 0.05) is 18.1 Å². The fourth-order valence-corrected chi connectivity index (χ4v) is 12.7. The first-order valence-corrected chi connectivity index (χ1v) is 17.3. The molecule has 0 aromatic heterocycles. The van der Waals surface area contributed by atoms with Gasteiger partial charge in [0.1, 0.15) is 6.10 Å². The zero-order chi connectivity index (χ0) is 31.9. The molecule has 5 aliphatic rings. The summed E-state index contributed by atoms with van der Waals surface area (Å²) in [7, 11) is 0. The Morgan fingerprint density at radius 3 is 2.34 bits per heavy atom. The van der Waals surface area contributed by atoms with Crippen molar-refractivity contribution in [3.8, 4) is 11.5 Å². The van der Waals surface area contributed by atoms with Crippen molar-refractivity contribution in [2.75, 3.05) is 6.61 Å². The van der Waals surface area contributed by atoms with Gasteiger partial charge in [0.15, 0.2) is 11.5 Å². The van der Waals surface area contributed by atoms with Crippen LogP contribution in [0.1, 0.15) is 111 Å². The Balaban J connectivity index is 1.22. The standard InChI is InChI=1S/C39H56O5/c1-24(2)26-14-19-39(23-40)21-20-37(6)27(34(26)39)10-12-31-36(5)17-16-32(35(3,4)30(36)15-18-38(31,37)7)44-33(43)13-9-25-8-11-28(41)29(42)22-25/h8-9,11,13,22,26-27,30-32,34,40-42H,1,10,12,14-21,23H2,2-7H3/b13-9+. The van der Waals surface area contributed by atoms with Crippen molar-refractivity contribution in [2.45, 2.75) is 112 Å². The monoisotopic (exact) mass is 604 g/mol. The smallest absolute Gasteiger partial charge is 0.331 e. The fourth-order valence-electron chi connectivity index (χ4n) is 12.7. The average molecular weight is 605 g/mol. The molecule has 10 unspecified atom stereocenters. The quantitative estimate of drug-likeness (QED) is 0.135. The molecule has 0 amide bonds. The molecule has 5 saturated carbocycles.